The van der Waals surface area contributed by atoms with Crippen molar-refractivity contribution >= 4 is 21.7 Å². The Balaban J connectivity index is 2.26. The molecular weight excluding hydrogens is 295 g/mol. The average molecular weight is 311 g/mol. The highest BCUT2D eigenvalue weighted by molar-refractivity contribution is 9.10. The number of ketones is 1. The van der Waals surface area contributed by atoms with Gasteiger partial charge in [-0.2, -0.15) is 0 Å². The van der Waals surface area contributed by atoms with Gasteiger partial charge in [0.15, 0.2) is 5.78 Å². The van der Waals surface area contributed by atoms with E-state index in [9.17, 15) is 9.18 Å². The van der Waals surface area contributed by atoms with Crippen molar-refractivity contribution in [3.8, 4) is 0 Å². The maximum absolute atomic E-state index is 13.4. The fourth-order valence-electron chi connectivity index (χ4n) is 2.25. The molecule has 18 heavy (non-hydrogen) atoms. The number of rotatable bonds is 2. The maximum Gasteiger partial charge on any atom is 0.189 e. The van der Waals surface area contributed by atoms with Crippen molar-refractivity contribution in [1.29, 1.82) is 0 Å². The van der Waals surface area contributed by atoms with Gasteiger partial charge in [0, 0.05) is 5.56 Å². The van der Waals surface area contributed by atoms with Gasteiger partial charge < -0.3 is 0 Å². The molecule has 3 heteroatoms. The molecule has 0 aliphatic heterocycles. The molecule has 1 aromatic rings. The second kappa shape index (κ2) is 6.28. The standard InChI is InChI=1S/C15H16BrFO/c16-14-12(9-6-10-13(14)17)15(18)11-7-4-2-1-3-5-8-11/h6-7,9-10H,1-5,8H2/b11-7+. The van der Waals surface area contributed by atoms with Crippen LogP contribution in [0.2, 0.25) is 0 Å². The van der Waals surface area contributed by atoms with E-state index < -0.39 is 0 Å². The minimum Gasteiger partial charge on any atom is -0.289 e. The quantitative estimate of drug-likeness (QED) is 0.698. The molecule has 1 nitrogen and oxygen atoms in total. The molecule has 0 saturated carbocycles. The molecule has 0 atom stereocenters. The highest BCUT2D eigenvalue weighted by Crippen LogP contribution is 2.26. The van der Waals surface area contributed by atoms with E-state index in [2.05, 4.69) is 15.9 Å². The van der Waals surface area contributed by atoms with Crippen molar-refractivity contribution in [1.82, 2.24) is 0 Å². The molecule has 0 bridgehead atoms. The van der Waals surface area contributed by atoms with Crippen molar-refractivity contribution in [2.24, 2.45) is 0 Å². The first-order chi connectivity index (χ1) is 8.70. The minimum atomic E-state index is -0.382. The zero-order valence-corrected chi connectivity index (χ0v) is 11.8. The van der Waals surface area contributed by atoms with Gasteiger partial charge >= 0.3 is 0 Å². The summed E-state index contributed by atoms with van der Waals surface area (Å²) >= 11 is 3.16. The molecule has 1 aliphatic carbocycles. The van der Waals surface area contributed by atoms with E-state index in [0.29, 0.717) is 5.56 Å². The van der Waals surface area contributed by atoms with E-state index >= 15 is 0 Å². The van der Waals surface area contributed by atoms with Crippen LogP contribution in [0.3, 0.4) is 0 Å². The van der Waals surface area contributed by atoms with Gasteiger partial charge in [0.1, 0.15) is 5.82 Å². The summed E-state index contributed by atoms with van der Waals surface area (Å²) < 4.78 is 13.7. The lowest BCUT2D eigenvalue weighted by Crippen LogP contribution is -2.07. The topological polar surface area (TPSA) is 17.1 Å². The van der Waals surface area contributed by atoms with Crippen molar-refractivity contribution < 1.29 is 9.18 Å². The van der Waals surface area contributed by atoms with Crippen LogP contribution in [0, 0.1) is 5.82 Å². The zero-order valence-electron chi connectivity index (χ0n) is 10.2. The molecule has 0 fully saturated rings. The number of allylic oxidation sites excluding steroid dienone is 2. The number of halogens is 2. The third-order valence-corrected chi connectivity index (χ3v) is 4.08. The Morgan fingerprint density at radius 3 is 2.78 bits per heavy atom. The number of carbonyl (C=O) groups is 1. The third-order valence-electron chi connectivity index (χ3n) is 3.28. The zero-order chi connectivity index (χ0) is 13.0. The Kier molecular flexibility index (Phi) is 4.70. The van der Waals surface area contributed by atoms with Crippen LogP contribution in [-0.4, -0.2) is 5.78 Å². The lowest BCUT2D eigenvalue weighted by molar-refractivity contribution is 0.102. The van der Waals surface area contributed by atoms with Gasteiger partial charge in [-0.15, -0.1) is 0 Å². The number of hydrogen-bond donors (Lipinski definition) is 0. The Labute approximate surface area is 115 Å². The molecule has 0 aromatic heterocycles. The Hall–Kier alpha value is -0.960. The molecule has 0 N–H and O–H groups in total. The van der Waals surface area contributed by atoms with Gasteiger partial charge in [0.25, 0.3) is 0 Å². The van der Waals surface area contributed by atoms with Gasteiger partial charge in [0.05, 0.1) is 4.47 Å². The van der Waals surface area contributed by atoms with Crippen LogP contribution in [0.4, 0.5) is 4.39 Å². The first-order valence-electron chi connectivity index (χ1n) is 6.38. The van der Waals surface area contributed by atoms with Crippen molar-refractivity contribution in [3.05, 3.63) is 45.7 Å². The molecule has 1 aliphatic rings. The van der Waals surface area contributed by atoms with Crippen LogP contribution in [-0.2, 0) is 0 Å². The largest absolute Gasteiger partial charge is 0.289 e. The predicted octanol–water partition coefficient (Wildman–Crippen LogP) is 5.05. The molecule has 2 rings (SSSR count). The van der Waals surface area contributed by atoms with E-state index in [-0.39, 0.29) is 16.1 Å². The minimum absolute atomic E-state index is 0.0386. The lowest BCUT2D eigenvalue weighted by atomic mass is 9.94. The first-order valence-corrected chi connectivity index (χ1v) is 7.17. The molecule has 0 amide bonds. The molecular formula is C15H16BrFO. The van der Waals surface area contributed by atoms with E-state index in [0.717, 1.165) is 31.3 Å². The Morgan fingerprint density at radius 1 is 1.17 bits per heavy atom. The molecule has 96 valence electrons. The van der Waals surface area contributed by atoms with Gasteiger partial charge in [-0.1, -0.05) is 25.0 Å². The van der Waals surface area contributed by atoms with Gasteiger partial charge in [0.2, 0.25) is 0 Å². The molecule has 0 unspecified atom stereocenters. The summed E-state index contributed by atoms with van der Waals surface area (Å²) in [6, 6.07) is 4.61. The summed E-state index contributed by atoms with van der Waals surface area (Å²) in [5.41, 5.74) is 1.27. The van der Waals surface area contributed by atoms with E-state index in [1.54, 1.807) is 12.1 Å². The van der Waals surface area contributed by atoms with Crippen molar-refractivity contribution in [3.63, 3.8) is 0 Å². The summed E-state index contributed by atoms with van der Waals surface area (Å²) in [7, 11) is 0. The SMILES string of the molecule is O=C(/C1=C/CCCCCC1)c1cccc(F)c1Br. The van der Waals surface area contributed by atoms with Crippen LogP contribution in [0.25, 0.3) is 0 Å². The second-order valence-corrected chi connectivity index (χ2v) is 5.41. The monoisotopic (exact) mass is 310 g/mol. The van der Waals surface area contributed by atoms with Crippen LogP contribution < -0.4 is 0 Å². The average Bonchev–Trinajstić information content (AvgIpc) is 2.31. The first kappa shape index (κ1) is 13.5. The van der Waals surface area contributed by atoms with Crippen LogP contribution in [0.15, 0.2) is 34.3 Å². The summed E-state index contributed by atoms with van der Waals surface area (Å²) in [6.45, 7) is 0. The van der Waals surface area contributed by atoms with Crippen LogP contribution >= 0.6 is 15.9 Å². The summed E-state index contributed by atoms with van der Waals surface area (Å²) in [6.07, 6.45) is 8.39. The van der Waals surface area contributed by atoms with Crippen LogP contribution in [0.1, 0.15) is 48.9 Å². The smallest absolute Gasteiger partial charge is 0.189 e. The van der Waals surface area contributed by atoms with Crippen molar-refractivity contribution in [2.45, 2.75) is 38.5 Å². The summed E-state index contributed by atoms with van der Waals surface area (Å²) in [5, 5.41) is 0. The second-order valence-electron chi connectivity index (χ2n) is 4.61. The number of hydrogen-bond acceptors (Lipinski definition) is 1. The molecule has 0 heterocycles. The van der Waals surface area contributed by atoms with Crippen LogP contribution in [0.5, 0.6) is 0 Å². The summed E-state index contributed by atoms with van der Waals surface area (Å²) in [4.78, 5) is 12.4. The predicted molar refractivity (Wildman–Crippen MR) is 74.2 cm³/mol. The Morgan fingerprint density at radius 2 is 1.94 bits per heavy atom. The third kappa shape index (κ3) is 3.08. The highest BCUT2D eigenvalue weighted by atomic mass is 79.9. The van der Waals surface area contributed by atoms with Gasteiger partial charge in [-0.25, -0.2) is 4.39 Å². The fraction of sp³-hybridized carbons (Fsp3) is 0.400. The van der Waals surface area contributed by atoms with E-state index in [4.69, 9.17) is 0 Å². The highest BCUT2D eigenvalue weighted by Gasteiger charge is 2.17. The fourth-order valence-corrected chi connectivity index (χ4v) is 2.69. The van der Waals surface area contributed by atoms with Crippen molar-refractivity contribution in [2.75, 3.05) is 0 Å². The molecule has 0 spiro atoms. The van der Waals surface area contributed by atoms with Gasteiger partial charge in [-0.3, -0.25) is 4.79 Å². The molecule has 0 radical (unpaired) electrons. The summed E-state index contributed by atoms with van der Waals surface area (Å²) in [5.74, 6) is -0.421. The van der Waals surface area contributed by atoms with E-state index in [1.807, 2.05) is 6.08 Å². The lowest BCUT2D eigenvalue weighted by Gasteiger charge is -2.11. The number of Topliss-reactive ketones (excluding diaryl/α,β-unsaturated/α-hetero) is 1. The molecule has 1 aromatic carbocycles. The Bertz CT molecular complexity index is 479. The maximum atomic E-state index is 13.4. The number of carbonyl (C=O) groups excluding carboxylic acids is 1. The normalized spacial score (nSPS) is 19.6. The van der Waals surface area contributed by atoms with E-state index in [1.165, 1.54) is 18.9 Å². The molecule has 0 saturated heterocycles. The van der Waals surface area contributed by atoms with Gasteiger partial charge in [-0.05, 0) is 59.3 Å². The number of benzene rings is 1.